The maximum absolute atomic E-state index is 11.0. The summed E-state index contributed by atoms with van der Waals surface area (Å²) in [6.45, 7) is 1.89. The fourth-order valence-corrected chi connectivity index (χ4v) is 1.79. The van der Waals surface area contributed by atoms with Crippen molar-refractivity contribution in [3.8, 4) is 17.2 Å². The van der Waals surface area contributed by atoms with Crippen molar-refractivity contribution in [2.45, 2.75) is 18.7 Å². The van der Waals surface area contributed by atoms with E-state index in [0.717, 1.165) is 0 Å². The molecule has 0 saturated carbocycles. The molecule has 20 heavy (non-hydrogen) atoms. The first-order valence-corrected chi connectivity index (χ1v) is 6.31. The third-order valence-corrected chi connectivity index (χ3v) is 3.21. The van der Waals surface area contributed by atoms with Crippen LogP contribution < -0.4 is 4.74 Å². The number of ether oxygens (including phenoxy) is 1. The Morgan fingerprint density at radius 3 is 2.90 bits per heavy atom. The maximum atomic E-state index is 11.0. The van der Waals surface area contributed by atoms with Crippen LogP contribution in [-0.2, 0) is 0 Å². The van der Waals surface area contributed by atoms with Gasteiger partial charge in [-0.1, -0.05) is 18.1 Å². The van der Waals surface area contributed by atoms with Crippen LogP contribution in [0, 0.1) is 10.1 Å². The Morgan fingerprint density at radius 2 is 2.30 bits per heavy atom. The van der Waals surface area contributed by atoms with Gasteiger partial charge in [0, 0.05) is 6.07 Å². The van der Waals surface area contributed by atoms with Crippen molar-refractivity contribution in [2.75, 3.05) is 7.11 Å². The predicted octanol–water partition coefficient (Wildman–Crippen LogP) is 3.34. The zero-order valence-electron chi connectivity index (χ0n) is 10.9. The van der Waals surface area contributed by atoms with Crippen LogP contribution in [0.2, 0.25) is 0 Å². The summed E-state index contributed by atoms with van der Waals surface area (Å²) in [6, 6.07) is 4.48. The first kappa shape index (κ1) is 14.3. The van der Waals surface area contributed by atoms with Gasteiger partial charge in [-0.05, 0) is 12.5 Å². The molecule has 106 valence electrons. The van der Waals surface area contributed by atoms with E-state index in [9.17, 15) is 10.1 Å². The van der Waals surface area contributed by atoms with Crippen molar-refractivity contribution in [1.29, 1.82) is 0 Å². The minimum Gasteiger partial charge on any atom is -0.490 e. The molecular formula is C12H12ClN3O4. The van der Waals surface area contributed by atoms with Gasteiger partial charge >= 0.3 is 5.69 Å². The molecule has 0 aliphatic carbocycles. The Balaban J connectivity index is 2.50. The van der Waals surface area contributed by atoms with Gasteiger partial charge < -0.3 is 9.26 Å². The molecule has 0 saturated heterocycles. The molecule has 0 aliphatic heterocycles. The molecule has 1 aromatic heterocycles. The van der Waals surface area contributed by atoms with Crippen molar-refractivity contribution >= 4 is 17.3 Å². The normalized spacial score (nSPS) is 12.2. The van der Waals surface area contributed by atoms with Crippen molar-refractivity contribution < 1.29 is 14.2 Å². The lowest BCUT2D eigenvalue weighted by Crippen LogP contribution is -1.96. The Kier molecular flexibility index (Phi) is 4.19. The van der Waals surface area contributed by atoms with E-state index in [-0.39, 0.29) is 22.7 Å². The van der Waals surface area contributed by atoms with E-state index in [4.69, 9.17) is 20.9 Å². The van der Waals surface area contributed by atoms with Gasteiger partial charge in [-0.25, -0.2) is 0 Å². The van der Waals surface area contributed by atoms with Gasteiger partial charge in [0.15, 0.2) is 5.82 Å². The summed E-state index contributed by atoms with van der Waals surface area (Å²) < 4.78 is 10.2. The molecule has 0 fully saturated rings. The lowest BCUT2D eigenvalue weighted by atomic mass is 10.1. The van der Waals surface area contributed by atoms with E-state index < -0.39 is 4.92 Å². The second-order valence-electron chi connectivity index (χ2n) is 3.95. The quantitative estimate of drug-likeness (QED) is 0.477. The molecule has 0 amide bonds. The minimum atomic E-state index is -0.532. The van der Waals surface area contributed by atoms with Crippen molar-refractivity contribution in [2.24, 2.45) is 0 Å². The van der Waals surface area contributed by atoms with Crippen LogP contribution in [0.15, 0.2) is 22.7 Å². The average Bonchev–Trinajstić information content (AvgIpc) is 2.95. The third-order valence-electron chi connectivity index (χ3n) is 2.71. The molecule has 2 rings (SSSR count). The van der Waals surface area contributed by atoms with Crippen LogP contribution in [0.4, 0.5) is 5.69 Å². The van der Waals surface area contributed by atoms with Crippen LogP contribution in [0.1, 0.15) is 24.5 Å². The van der Waals surface area contributed by atoms with Gasteiger partial charge in [0.05, 0.1) is 23.0 Å². The molecule has 8 heteroatoms. The average molecular weight is 298 g/mol. The highest BCUT2D eigenvalue weighted by Crippen LogP contribution is 2.37. The van der Waals surface area contributed by atoms with Crippen molar-refractivity contribution in [1.82, 2.24) is 10.1 Å². The number of nitro groups is 1. The topological polar surface area (TPSA) is 91.3 Å². The number of nitrogens with zero attached hydrogens (tertiary/aromatic N) is 3. The van der Waals surface area contributed by atoms with E-state index in [2.05, 4.69) is 10.1 Å². The number of aromatic nitrogens is 2. The Bertz CT molecular complexity index is 629. The zero-order chi connectivity index (χ0) is 14.7. The standard InChI is InChI=1S/C12H12ClN3O4/c1-3-8(13)11-14-12(20-15-11)7-5-4-6-9(16(17)18)10(7)19-2/h4-6,8H,3H2,1-2H3. The molecule has 2 aromatic rings. The third kappa shape index (κ3) is 2.57. The molecule has 1 unspecified atom stereocenters. The van der Waals surface area contributed by atoms with Crippen LogP contribution in [0.5, 0.6) is 5.75 Å². The van der Waals surface area contributed by atoms with E-state index in [1.54, 1.807) is 6.07 Å². The fraction of sp³-hybridized carbons (Fsp3) is 0.333. The largest absolute Gasteiger partial charge is 0.490 e. The lowest BCUT2D eigenvalue weighted by molar-refractivity contribution is -0.385. The van der Waals surface area contributed by atoms with Crippen molar-refractivity contribution in [3.63, 3.8) is 0 Å². The highest BCUT2D eigenvalue weighted by molar-refractivity contribution is 6.20. The SMILES string of the molecule is CCC(Cl)c1noc(-c2cccc([N+](=O)[O-])c2OC)n1. The van der Waals surface area contributed by atoms with Gasteiger partial charge in [-0.2, -0.15) is 4.98 Å². The highest BCUT2D eigenvalue weighted by Gasteiger charge is 2.23. The number of halogens is 1. The number of para-hydroxylation sites is 1. The molecule has 0 radical (unpaired) electrons. The van der Waals surface area contributed by atoms with E-state index in [1.807, 2.05) is 6.92 Å². The van der Waals surface area contributed by atoms with E-state index in [0.29, 0.717) is 17.8 Å². The molecule has 1 heterocycles. The molecule has 0 N–H and O–H groups in total. The summed E-state index contributed by atoms with van der Waals surface area (Å²) in [5, 5.41) is 14.4. The van der Waals surface area contributed by atoms with Crippen molar-refractivity contribution in [3.05, 3.63) is 34.1 Å². The van der Waals surface area contributed by atoms with Crippen LogP contribution >= 0.6 is 11.6 Å². The highest BCUT2D eigenvalue weighted by atomic mass is 35.5. The monoisotopic (exact) mass is 297 g/mol. The number of nitro benzene ring substituents is 1. The Labute approximate surface area is 119 Å². The first-order chi connectivity index (χ1) is 9.58. The summed E-state index contributed by atoms with van der Waals surface area (Å²) in [4.78, 5) is 14.6. The van der Waals surface area contributed by atoms with Gasteiger partial charge in [0.25, 0.3) is 5.89 Å². The number of methoxy groups -OCH3 is 1. The molecule has 1 atom stereocenters. The molecule has 1 aromatic carbocycles. The number of benzene rings is 1. The van der Waals surface area contributed by atoms with Gasteiger partial charge in [0.1, 0.15) is 0 Å². The van der Waals surface area contributed by atoms with E-state index in [1.165, 1.54) is 19.2 Å². The van der Waals surface area contributed by atoms with Gasteiger partial charge in [-0.3, -0.25) is 10.1 Å². The summed E-state index contributed by atoms with van der Waals surface area (Å²) in [5.74, 6) is 0.563. The lowest BCUT2D eigenvalue weighted by Gasteiger charge is -2.04. The Morgan fingerprint density at radius 1 is 1.55 bits per heavy atom. The maximum Gasteiger partial charge on any atom is 0.311 e. The molecule has 0 aliphatic rings. The molecule has 7 nitrogen and oxygen atoms in total. The van der Waals surface area contributed by atoms with Crippen LogP contribution in [0.25, 0.3) is 11.5 Å². The van der Waals surface area contributed by atoms with E-state index >= 15 is 0 Å². The summed E-state index contributed by atoms with van der Waals surface area (Å²) in [5.41, 5.74) is 0.197. The summed E-state index contributed by atoms with van der Waals surface area (Å²) in [6.07, 6.45) is 0.645. The zero-order valence-corrected chi connectivity index (χ0v) is 11.6. The Hall–Kier alpha value is -2.15. The number of hydrogen-bond acceptors (Lipinski definition) is 6. The molecule has 0 spiro atoms. The second kappa shape index (κ2) is 5.87. The smallest absolute Gasteiger partial charge is 0.311 e. The van der Waals surface area contributed by atoms with Gasteiger partial charge in [-0.15, -0.1) is 11.6 Å². The number of rotatable bonds is 5. The first-order valence-electron chi connectivity index (χ1n) is 5.87. The number of alkyl halides is 1. The second-order valence-corrected chi connectivity index (χ2v) is 4.48. The van der Waals surface area contributed by atoms with Crippen LogP contribution in [-0.4, -0.2) is 22.2 Å². The summed E-state index contributed by atoms with van der Waals surface area (Å²) in [7, 11) is 1.35. The minimum absolute atomic E-state index is 0.0790. The predicted molar refractivity (Wildman–Crippen MR) is 71.8 cm³/mol. The van der Waals surface area contributed by atoms with Crippen LogP contribution in [0.3, 0.4) is 0 Å². The van der Waals surface area contributed by atoms with Gasteiger partial charge in [0.2, 0.25) is 5.75 Å². The molecular weight excluding hydrogens is 286 g/mol. The fourth-order valence-electron chi connectivity index (χ4n) is 1.71. The number of hydrogen-bond donors (Lipinski definition) is 0. The summed E-state index contributed by atoms with van der Waals surface area (Å²) >= 11 is 6.02. The molecule has 0 bridgehead atoms.